The Balaban J connectivity index is 3.38. The van der Waals surface area contributed by atoms with Crippen LogP contribution in [0.5, 0.6) is 0 Å². The highest BCUT2D eigenvalue weighted by Crippen LogP contribution is 1.81. The lowest BCUT2D eigenvalue weighted by Crippen LogP contribution is -2.43. The molecule has 0 aromatic heterocycles. The van der Waals surface area contributed by atoms with Crippen LogP contribution >= 0.6 is 22.1 Å². The Kier molecular flexibility index (Phi) is 6.21. The van der Waals surface area contributed by atoms with Gasteiger partial charge in [0.05, 0.1) is 5.75 Å². The Morgan fingerprint density at radius 2 is 1.91 bits per heavy atom. The van der Waals surface area contributed by atoms with E-state index in [9.17, 15) is 9.59 Å². The zero-order valence-corrected chi connectivity index (χ0v) is 7.71. The molecule has 0 bridgehead atoms. The molecule has 0 saturated heterocycles. The van der Waals surface area contributed by atoms with Crippen molar-refractivity contribution in [1.82, 2.24) is 10.9 Å². The smallest absolute Gasteiger partial charge is 0.264 e. The second-order valence-electron chi connectivity index (χ2n) is 1.57. The highest BCUT2D eigenvalue weighted by molar-refractivity contribution is 7.81. The van der Waals surface area contributed by atoms with Crippen LogP contribution in [0.4, 0.5) is 0 Å². The molecule has 5 nitrogen and oxygen atoms in total. The maximum Gasteiger partial charge on any atom is 0.264 e. The molecule has 0 rings (SSSR count). The van der Waals surface area contributed by atoms with Gasteiger partial charge in [-0.2, -0.15) is 12.6 Å². The summed E-state index contributed by atoms with van der Waals surface area (Å²) in [5.74, 6) is -0.761. The van der Waals surface area contributed by atoms with Gasteiger partial charge in [-0.3, -0.25) is 20.4 Å². The molecule has 0 aliphatic rings. The third-order valence-corrected chi connectivity index (χ3v) is 1.15. The van der Waals surface area contributed by atoms with E-state index in [0.29, 0.717) is 0 Å². The van der Waals surface area contributed by atoms with Gasteiger partial charge in [-0.25, -0.2) is 0 Å². The minimum atomic E-state index is -0.421. The van der Waals surface area contributed by atoms with Gasteiger partial charge in [0.15, 0.2) is 0 Å². The van der Waals surface area contributed by atoms with Crippen LogP contribution in [0.25, 0.3) is 0 Å². The van der Waals surface area contributed by atoms with Gasteiger partial charge in [-0.1, -0.05) is 0 Å². The highest BCUT2D eigenvalue weighted by atomic mass is 32.1. The summed E-state index contributed by atoms with van der Waals surface area (Å²) < 4.78 is 4.40. The summed E-state index contributed by atoms with van der Waals surface area (Å²) in [6, 6.07) is 0. The molecule has 0 aliphatic carbocycles. The molecule has 0 fully saturated rings. The molecule has 0 radical (unpaired) electrons. The van der Waals surface area contributed by atoms with Gasteiger partial charge >= 0.3 is 0 Å². The number of nitrogens with one attached hydrogen (secondary N) is 2. The Hall–Kier alpha value is -0.320. The van der Waals surface area contributed by atoms with Crippen LogP contribution in [0.1, 0.15) is 0 Å². The second kappa shape index (κ2) is 6.39. The van der Waals surface area contributed by atoms with E-state index in [-0.39, 0.29) is 18.3 Å². The van der Waals surface area contributed by atoms with Crippen molar-refractivity contribution >= 4 is 33.9 Å². The number of amides is 2. The van der Waals surface area contributed by atoms with Crippen molar-refractivity contribution in [3.05, 3.63) is 0 Å². The van der Waals surface area contributed by atoms with Gasteiger partial charge in [0.2, 0.25) is 5.91 Å². The van der Waals surface area contributed by atoms with Gasteiger partial charge in [0.1, 0.15) is 6.61 Å². The molecule has 0 saturated carbocycles. The molecule has 0 aromatic rings. The molecule has 1 atom stereocenters. The molecule has 1 unspecified atom stereocenters. The summed E-state index contributed by atoms with van der Waals surface area (Å²) in [6.45, 7) is -0.114. The molecule has 0 aliphatic heterocycles. The largest absolute Gasteiger partial charge is 0.356 e. The van der Waals surface area contributed by atoms with Crippen molar-refractivity contribution in [3.8, 4) is 0 Å². The van der Waals surface area contributed by atoms with Crippen LogP contribution < -0.4 is 10.9 Å². The van der Waals surface area contributed by atoms with Gasteiger partial charge in [-0.05, 0) is 0 Å². The SMILES string of the molecule is O=C(CS)NNC(=O)COP. The molecular formula is C4H9N2O3PS. The Bertz CT molecular complexity index is 154. The predicted molar refractivity (Wildman–Crippen MR) is 45.8 cm³/mol. The average Bonchev–Trinajstić information content (AvgIpc) is 2.01. The fourth-order valence-corrected chi connectivity index (χ4v) is 0.521. The normalized spacial score (nSPS) is 8.91. The van der Waals surface area contributed by atoms with Crippen molar-refractivity contribution in [3.63, 3.8) is 0 Å². The molecular weight excluding hydrogens is 187 g/mol. The van der Waals surface area contributed by atoms with Crippen molar-refractivity contribution in [2.45, 2.75) is 0 Å². The van der Waals surface area contributed by atoms with Gasteiger partial charge in [0, 0.05) is 9.47 Å². The number of hydrogen-bond donors (Lipinski definition) is 3. The number of hydrazine groups is 1. The first-order chi connectivity index (χ1) is 5.20. The first-order valence-corrected chi connectivity index (χ1v) is 3.81. The quantitative estimate of drug-likeness (QED) is 0.304. The highest BCUT2D eigenvalue weighted by Gasteiger charge is 2.00. The lowest BCUT2D eigenvalue weighted by Gasteiger charge is -2.03. The third kappa shape index (κ3) is 6.09. The number of carbonyl (C=O) groups excluding carboxylic acids is 2. The number of carbonyl (C=O) groups is 2. The molecule has 11 heavy (non-hydrogen) atoms. The fraction of sp³-hybridized carbons (Fsp3) is 0.500. The number of hydrogen-bond acceptors (Lipinski definition) is 4. The summed E-state index contributed by atoms with van der Waals surface area (Å²) in [5.41, 5.74) is 4.22. The second-order valence-corrected chi connectivity index (χ2v) is 2.22. The van der Waals surface area contributed by atoms with E-state index in [1.54, 1.807) is 0 Å². The number of rotatable bonds is 3. The van der Waals surface area contributed by atoms with Gasteiger partial charge in [-0.15, -0.1) is 0 Å². The van der Waals surface area contributed by atoms with Crippen LogP contribution in [-0.2, 0) is 14.1 Å². The average molecular weight is 196 g/mol. The third-order valence-electron chi connectivity index (χ3n) is 0.699. The van der Waals surface area contributed by atoms with Gasteiger partial charge < -0.3 is 4.52 Å². The zero-order valence-electron chi connectivity index (χ0n) is 5.66. The van der Waals surface area contributed by atoms with E-state index in [1.807, 2.05) is 9.47 Å². The lowest BCUT2D eigenvalue weighted by molar-refractivity contribution is -0.128. The van der Waals surface area contributed by atoms with Crippen LogP contribution in [0, 0.1) is 0 Å². The summed E-state index contributed by atoms with van der Waals surface area (Å²) in [4.78, 5) is 21.0. The minimum Gasteiger partial charge on any atom is -0.356 e. The molecule has 7 heteroatoms. The Labute approximate surface area is 71.9 Å². The van der Waals surface area contributed by atoms with E-state index >= 15 is 0 Å². The van der Waals surface area contributed by atoms with E-state index in [1.165, 1.54) is 0 Å². The maximum absolute atomic E-state index is 10.6. The topological polar surface area (TPSA) is 67.4 Å². The first-order valence-electron chi connectivity index (χ1n) is 2.71. The molecule has 0 spiro atoms. The Morgan fingerprint density at radius 1 is 1.36 bits per heavy atom. The predicted octanol–water partition coefficient (Wildman–Crippen LogP) is -1.13. The molecule has 0 heterocycles. The van der Waals surface area contributed by atoms with Crippen molar-refractivity contribution in [1.29, 1.82) is 0 Å². The van der Waals surface area contributed by atoms with E-state index < -0.39 is 5.91 Å². The zero-order chi connectivity index (χ0) is 8.69. The number of thiol groups is 1. The molecule has 2 amide bonds. The van der Waals surface area contributed by atoms with Crippen molar-refractivity contribution < 1.29 is 14.1 Å². The Morgan fingerprint density at radius 3 is 2.36 bits per heavy atom. The minimum absolute atomic E-state index is 0.0298. The van der Waals surface area contributed by atoms with Crippen molar-refractivity contribution in [2.75, 3.05) is 12.4 Å². The molecule has 64 valence electrons. The standard InChI is InChI=1S/C4H9N2O3PS/c7-3(1-9-10)5-6-4(8)2-11/h11H,1-2,10H2,(H,5,7)(H,6,8). The van der Waals surface area contributed by atoms with Crippen molar-refractivity contribution in [2.24, 2.45) is 0 Å². The molecule has 0 aromatic carbocycles. The van der Waals surface area contributed by atoms with E-state index in [2.05, 4.69) is 28.0 Å². The first kappa shape index (κ1) is 10.7. The van der Waals surface area contributed by atoms with Crippen LogP contribution in [0.2, 0.25) is 0 Å². The van der Waals surface area contributed by atoms with Gasteiger partial charge in [0.25, 0.3) is 5.91 Å². The maximum atomic E-state index is 10.6. The lowest BCUT2D eigenvalue weighted by atomic mass is 10.7. The van der Waals surface area contributed by atoms with Crippen LogP contribution in [0.15, 0.2) is 0 Å². The van der Waals surface area contributed by atoms with E-state index in [4.69, 9.17) is 0 Å². The summed E-state index contributed by atoms with van der Waals surface area (Å²) in [5, 5.41) is 0. The fourth-order valence-electron chi connectivity index (χ4n) is 0.291. The van der Waals surface area contributed by atoms with Crippen LogP contribution in [0.3, 0.4) is 0 Å². The summed E-state index contributed by atoms with van der Waals surface area (Å²) in [7, 11) is 1.92. The monoisotopic (exact) mass is 196 g/mol. The summed E-state index contributed by atoms with van der Waals surface area (Å²) in [6.07, 6.45) is 0. The summed E-state index contributed by atoms with van der Waals surface area (Å²) >= 11 is 3.67. The van der Waals surface area contributed by atoms with E-state index in [0.717, 1.165) is 0 Å². The van der Waals surface area contributed by atoms with Crippen LogP contribution in [-0.4, -0.2) is 24.2 Å². The molecule has 2 N–H and O–H groups in total.